The molecule has 14 heavy (non-hydrogen) atoms. The molecule has 2 aromatic rings. The lowest BCUT2D eigenvalue weighted by Crippen LogP contribution is -1.94. The van der Waals surface area contributed by atoms with Crippen molar-refractivity contribution < 1.29 is 0 Å². The summed E-state index contributed by atoms with van der Waals surface area (Å²) in [5.41, 5.74) is 9.41. The summed E-state index contributed by atoms with van der Waals surface area (Å²) in [6, 6.07) is 10.6. The van der Waals surface area contributed by atoms with Gasteiger partial charge >= 0.3 is 0 Å². The molecule has 0 saturated heterocycles. The normalized spacial score (nSPS) is 10.7. The summed E-state index contributed by atoms with van der Waals surface area (Å²) in [6.45, 7) is 4.26. The second-order valence-corrected chi connectivity index (χ2v) is 3.71. The molecule has 0 radical (unpaired) electrons. The molecule has 2 N–H and O–H groups in total. The summed E-state index contributed by atoms with van der Waals surface area (Å²) in [4.78, 5) is 0. The third-order valence-electron chi connectivity index (χ3n) is 2.68. The third kappa shape index (κ3) is 1.35. The second-order valence-electron chi connectivity index (χ2n) is 3.71. The molecule has 0 heterocycles. The first-order chi connectivity index (χ1) is 6.72. The molecular formula is C13H15N. The number of nitrogens with two attached hydrogens (primary N) is 1. The van der Waals surface area contributed by atoms with Gasteiger partial charge in [-0.15, -0.1) is 0 Å². The van der Waals surface area contributed by atoms with Crippen LogP contribution in [0.1, 0.15) is 18.1 Å². The number of benzene rings is 2. The lowest BCUT2D eigenvalue weighted by molar-refractivity contribution is 1.16. The number of anilines is 1. The fourth-order valence-corrected chi connectivity index (χ4v) is 1.91. The quantitative estimate of drug-likeness (QED) is 0.678. The van der Waals surface area contributed by atoms with E-state index in [1.807, 2.05) is 6.07 Å². The fourth-order valence-electron chi connectivity index (χ4n) is 1.91. The van der Waals surface area contributed by atoms with E-state index in [2.05, 4.69) is 38.1 Å². The van der Waals surface area contributed by atoms with Crippen LogP contribution >= 0.6 is 0 Å². The predicted octanol–water partition coefficient (Wildman–Crippen LogP) is 3.29. The van der Waals surface area contributed by atoms with Gasteiger partial charge in [-0.3, -0.25) is 0 Å². The molecule has 0 aliphatic rings. The van der Waals surface area contributed by atoms with Crippen molar-refractivity contribution in [3.05, 3.63) is 41.5 Å². The highest BCUT2D eigenvalue weighted by atomic mass is 14.6. The highest BCUT2D eigenvalue weighted by molar-refractivity contribution is 5.90. The highest BCUT2D eigenvalue weighted by Gasteiger charge is 2.02. The van der Waals surface area contributed by atoms with Gasteiger partial charge in [-0.1, -0.05) is 36.8 Å². The van der Waals surface area contributed by atoms with Crippen molar-refractivity contribution in [1.82, 2.24) is 0 Å². The summed E-state index contributed by atoms with van der Waals surface area (Å²) < 4.78 is 0. The van der Waals surface area contributed by atoms with Crippen molar-refractivity contribution in [1.29, 1.82) is 0 Å². The molecule has 0 fully saturated rings. The number of hydrogen-bond acceptors (Lipinski definition) is 1. The Morgan fingerprint density at radius 3 is 2.57 bits per heavy atom. The Balaban J connectivity index is 2.84. The van der Waals surface area contributed by atoms with E-state index in [4.69, 9.17) is 5.73 Å². The van der Waals surface area contributed by atoms with Crippen LogP contribution < -0.4 is 5.73 Å². The molecule has 1 nitrogen and oxygen atoms in total. The van der Waals surface area contributed by atoms with Gasteiger partial charge in [0, 0.05) is 5.69 Å². The zero-order valence-electron chi connectivity index (χ0n) is 8.67. The standard InChI is InChI=1S/C13H15N/c1-3-11-12-8-9(2)4-5-10(12)6-7-13(11)14/h4-8H,3,14H2,1-2H3. The van der Waals surface area contributed by atoms with Gasteiger partial charge in [0.25, 0.3) is 0 Å². The summed E-state index contributed by atoms with van der Waals surface area (Å²) in [7, 11) is 0. The number of fused-ring (bicyclic) bond motifs is 1. The maximum absolute atomic E-state index is 5.95. The largest absolute Gasteiger partial charge is 0.398 e. The minimum atomic E-state index is 0.908. The van der Waals surface area contributed by atoms with Crippen LogP contribution in [-0.2, 0) is 6.42 Å². The Labute approximate surface area is 84.5 Å². The summed E-state index contributed by atoms with van der Waals surface area (Å²) in [6.07, 6.45) is 0.993. The molecule has 72 valence electrons. The Morgan fingerprint density at radius 1 is 1.14 bits per heavy atom. The van der Waals surface area contributed by atoms with Gasteiger partial charge in [0.15, 0.2) is 0 Å². The van der Waals surface area contributed by atoms with Crippen LogP contribution in [0.25, 0.3) is 10.8 Å². The van der Waals surface area contributed by atoms with Crippen LogP contribution in [-0.4, -0.2) is 0 Å². The number of hydrogen-bond donors (Lipinski definition) is 1. The average Bonchev–Trinajstić information content (AvgIpc) is 2.17. The Hall–Kier alpha value is -1.50. The van der Waals surface area contributed by atoms with Crippen LogP contribution in [0.2, 0.25) is 0 Å². The minimum absolute atomic E-state index is 0.908. The molecule has 0 aliphatic heterocycles. The molecule has 0 saturated carbocycles. The van der Waals surface area contributed by atoms with E-state index >= 15 is 0 Å². The monoisotopic (exact) mass is 185 g/mol. The molecule has 0 bridgehead atoms. The van der Waals surface area contributed by atoms with Gasteiger partial charge in [0.05, 0.1) is 0 Å². The summed E-state index contributed by atoms with van der Waals surface area (Å²) in [5, 5.41) is 2.58. The van der Waals surface area contributed by atoms with Crippen LogP contribution in [0.4, 0.5) is 5.69 Å². The maximum Gasteiger partial charge on any atom is 0.0352 e. The lowest BCUT2D eigenvalue weighted by Gasteiger charge is -2.08. The Morgan fingerprint density at radius 2 is 1.86 bits per heavy atom. The summed E-state index contributed by atoms with van der Waals surface area (Å²) >= 11 is 0. The van der Waals surface area contributed by atoms with E-state index in [-0.39, 0.29) is 0 Å². The molecule has 2 rings (SSSR count). The first kappa shape index (κ1) is 9.07. The van der Waals surface area contributed by atoms with E-state index in [0.29, 0.717) is 0 Å². The van der Waals surface area contributed by atoms with Crippen molar-refractivity contribution in [3.63, 3.8) is 0 Å². The van der Waals surface area contributed by atoms with E-state index in [0.717, 1.165) is 12.1 Å². The number of nitrogen functional groups attached to an aromatic ring is 1. The molecule has 0 aliphatic carbocycles. The molecule has 0 aromatic heterocycles. The zero-order valence-corrected chi connectivity index (χ0v) is 8.67. The van der Waals surface area contributed by atoms with Crippen LogP contribution in [0.5, 0.6) is 0 Å². The number of aryl methyl sites for hydroxylation is 2. The average molecular weight is 185 g/mol. The predicted molar refractivity (Wildman–Crippen MR) is 62.5 cm³/mol. The van der Waals surface area contributed by atoms with Gasteiger partial charge < -0.3 is 5.73 Å². The molecular weight excluding hydrogens is 170 g/mol. The van der Waals surface area contributed by atoms with Gasteiger partial charge in [0.1, 0.15) is 0 Å². The van der Waals surface area contributed by atoms with Crippen LogP contribution in [0.3, 0.4) is 0 Å². The van der Waals surface area contributed by atoms with Gasteiger partial charge in [-0.25, -0.2) is 0 Å². The van der Waals surface area contributed by atoms with E-state index in [1.165, 1.54) is 21.9 Å². The zero-order chi connectivity index (χ0) is 10.1. The van der Waals surface area contributed by atoms with Crippen molar-refractivity contribution in [2.75, 3.05) is 5.73 Å². The van der Waals surface area contributed by atoms with E-state index < -0.39 is 0 Å². The smallest absolute Gasteiger partial charge is 0.0352 e. The molecule has 0 unspecified atom stereocenters. The van der Waals surface area contributed by atoms with Gasteiger partial charge in [0.2, 0.25) is 0 Å². The maximum atomic E-state index is 5.95. The van der Waals surface area contributed by atoms with Crippen molar-refractivity contribution >= 4 is 16.5 Å². The second kappa shape index (κ2) is 3.33. The molecule has 1 heteroatoms. The first-order valence-electron chi connectivity index (χ1n) is 5.00. The van der Waals surface area contributed by atoms with Gasteiger partial charge in [-0.05, 0) is 35.7 Å². The summed E-state index contributed by atoms with van der Waals surface area (Å²) in [5.74, 6) is 0. The van der Waals surface area contributed by atoms with Crippen molar-refractivity contribution in [2.45, 2.75) is 20.3 Å². The topological polar surface area (TPSA) is 26.0 Å². The Kier molecular flexibility index (Phi) is 2.16. The SMILES string of the molecule is CCc1c(N)ccc2ccc(C)cc12. The lowest BCUT2D eigenvalue weighted by atomic mass is 9.99. The van der Waals surface area contributed by atoms with Crippen LogP contribution in [0.15, 0.2) is 30.3 Å². The number of rotatable bonds is 1. The third-order valence-corrected chi connectivity index (χ3v) is 2.68. The van der Waals surface area contributed by atoms with Crippen molar-refractivity contribution in [3.8, 4) is 0 Å². The van der Waals surface area contributed by atoms with Gasteiger partial charge in [-0.2, -0.15) is 0 Å². The fraction of sp³-hybridized carbons (Fsp3) is 0.231. The molecule has 0 atom stereocenters. The Bertz CT molecular complexity index is 467. The highest BCUT2D eigenvalue weighted by Crippen LogP contribution is 2.25. The molecule has 0 spiro atoms. The van der Waals surface area contributed by atoms with E-state index in [1.54, 1.807) is 0 Å². The molecule has 2 aromatic carbocycles. The minimum Gasteiger partial charge on any atom is -0.398 e. The first-order valence-corrected chi connectivity index (χ1v) is 5.00. The molecule has 0 amide bonds. The van der Waals surface area contributed by atoms with Crippen molar-refractivity contribution in [2.24, 2.45) is 0 Å². The van der Waals surface area contributed by atoms with E-state index in [9.17, 15) is 0 Å². The van der Waals surface area contributed by atoms with Crippen LogP contribution in [0, 0.1) is 6.92 Å².